The van der Waals surface area contributed by atoms with Crippen LogP contribution >= 0.6 is 0 Å². The van der Waals surface area contributed by atoms with Crippen molar-refractivity contribution in [3.63, 3.8) is 0 Å². The van der Waals surface area contributed by atoms with Crippen LogP contribution in [0, 0.1) is 10.1 Å². The third kappa shape index (κ3) is 2.97. The Labute approximate surface area is 103 Å². The Balaban J connectivity index is 2.14. The maximum absolute atomic E-state index is 10.8. The van der Waals surface area contributed by atoms with Crippen LogP contribution in [0.25, 0.3) is 0 Å². The predicted molar refractivity (Wildman–Crippen MR) is 62.8 cm³/mol. The molecule has 0 bridgehead atoms. The molecule has 0 aliphatic heterocycles. The summed E-state index contributed by atoms with van der Waals surface area (Å²) >= 11 is 0. The second-order valence-electron chi connectivity index (χ2n) is 4.25. The first-order valence-corrected chi connectivity index (χ1v) is 5.71. The molecule has 0 amide bonds. The van der Waals surface area contributed by atoms with E-state index in [4.69, 9.17) is 9.84 Å². The summed E-state index contributed by atoms with van der Waals surface area (Å²) in [4.78, 5) is 20.7. The Morgan fingerprint density at radius 1 is 1.50 bits per heavy atom. The number of carboxylic acid groups (broad SMARTS) is 1. The third-order valence-electron chi connectivity index (χ3n) is 2.80. The summed E-state index contributed by atoms with van der Waals surface area (Å²) in [7, 11) is 0. The summed E-state index contributed by atoms with van der Waals surface area (Å²) < 4.78 is 5.21. The number of ether oxygens (including phenoxy) is 1. The van der Waals surface area contributed by atoms with Crippen molar-refractivity contribution in [2.75, 3.05) is 6.61 Å². The molecule has 0 atom stereocenters. The Hall–Kier alpha value is -2.11. The second kappa shape index (κ2) is 5.03. The van der Waals surface area contributed by atoms with Gasteiger partial charge in [-0.05, 0) is 30.4 Å². The Kier molecular flexibility index (Phi) is 3.45. The summed E-state index contributed by atoms with van der Waals surface area (Å²) in [5.41, 5.74) is 0.899. The van der Waals surface area contributed by atoms with Crippen molar-refractivity contribution < 1.29 is 19.6 Å². The van der Waals surface area contributed by atoms with Gasteiger partial charge < -0.3 is 9.84 Å². The molecule has 1 N–H and O–H groups in total. The molecule has 6 heteroatoms. The van der Waals surface area contributed by atoms with Crippen LogP contribution in [0.5, 0.6) is 5.75 Å². The van der Waals surface area contributed by atoms with Gasteiger partial charge in [0, 0.05) is 6.07 Å². The van der Waals surface area contributed by atoms with E-state index in [9.17, 15) is 14.9 Å². The maximum Gasteiger partial charge on any atom is 0.310 e. The van der Waals surface area contributed by atoms with Crippen molar-refractivity contribution in [1.29, 1.82) is 0 Å². The lowest BCUT2D eigenvalue weighted by Gasteiger charge is -2.07. The van der Waals surface area contributed by atoms with Gasteiger partial charge in [0.2, 0.25) is 0 Å². The number of hydrogen-bond acceptors (Lipinski definition) is 4. The van der Waals surface area contributed by atoms with Crippen molar-refractivity contribution >= 4 is 11.7 Å². The highest BCUT2D eigenvalue weighted by molar-refractivity contribution is 5.66. The van der Waals surface area contributed by atoms with Crippen LogP contribution in [0.4, 0.5) is 5.69 Å². The summed E-state index contributed by atoms with van der Waals surface area (Å²) in [6, 6.07) is 4.81. The Bertz CT molecular complexity index is 481. The molecule has 18 heavy (non-hydrogen) atoms. The lowest BCUT2D eigenvalue weighted by molar-refractivity contribution is -0.385. The van der Waals surface area contributed by atoms with E-state index in [0.717, 1.165) is 18.4 Å². The third-order valence-corrected chi connectivity index (χ3v) is 2.80. The summed E-state index contributed by atoms with van der Waals surface area (Å²) in [6.45, 7) is -0.0652. The molecule has 1 aliphatic carbocycles. The van der Waals surface area contributed by atoms with Crippen molar-refractivity contribution in [3.8, 4) is 5.75 Å². The molecule has 1 aromatic rings. The van der Waals surface area contributed by atoms with Crippen molar-refractivity contribution in [3.05, 3.63) is 33.9 Å². The molecule has 0 saturated heterocycles. The molecular formula is C12H13NO5. The molecule has 1 saturated carbocycles. The Morgan fingerprint density at radius 3 is 2.78 bits per heavy atom. The number of carboxylic acids is 1. The number of aliphatic carboxylic acids is 1. The first kappa shape index (κ1) is 12.3. The number of nitro groups is 1. The smallest absolute Gasteiger partial charge is 0.310 e. The van der Waals surface area contributed by atoms with E-state index in [1.165, 1.54) is 6.07 Å². The molecule has 1 fully saturated rings. The number of rotatable bonds is 6. The topological polar surface area (TPSA) is 89.7 Å². The molecule has 0 heterocycles. The molecule has 0 aromatic heterocycles. The fraction of sp³-hybridized carbons (Fsp3) is 0.417. The first-order valence-electron chi connectivity index (χ1n) is 5.71. The fourth-order valence-electron chi connectivity index (χ4n) is 1.72. The second-order valence-corrected chi connectivity index (χ2v) is 4.25. The van der Waals surface area contributed by atoms with E-state index in [1.54, 1.807) is 12.1 Å². The summed E-state index contributed by atoms with van der Waals surface area (Å²) in [6.07, 6.45) is 2.00. The zero-order chi connectivity index (χ0) is 13.1. The molecule has 6 nitrogen and oxygen atoms in total. The van der Waals surface area contributed by atoms with Crippen LogP contribution in [-0.4, -0.2) is 22.6 Å². The van der Waals surface area contributed by atoms with E-state index >= 15 is 0 Å². The van der Waals surface area contributed by atoms with Crippen molar-refractivity contribution in [2.24, 2.45) is 0 Å². The molecule has 0 unspecified atom stereocenters. The monoisotopic (exact) mass is 251 g/mol. The highest BCUT2D eigenvalue weighted by atomic mass is 16.6. The number of benzene rings is 1. The minimum atomic E-state index is -0.990. The van der Waals surface area contributed by atoms with E-state index < -0.39 is 10.9 Å². The molecule has 2 rings (SSSR count). The highest BCUT2D eigenvalue weighted by Crippen LogP contribution is 2.42. The van der Waals surface area contributed by atoms with Gasteiger partial charge in [-0.15, -0.1) is 0 Å². The van der Waals surface area contributed by atoms with Crippen LogP contribution in [0.1, 0.15) is 30.7 Å². The van der Waals surface area contributed by atoms with Gasteiger partial charge >= 0.3 is 11.7 Å². The van der Waals surface area contributed by atoms with Gasteiger partial charge in [-0.25, -0.2) is 0 Å². The predicted octanol–water partition coefficient (Wildman–Crippen LogP) is 2.33. The van der Waals surface area contributed by atoms with Crippen LogP contribution < -0.4 is 4.74 Å². The molecule has 1 aliphatic rings. The SMILES string of the molecule is O=C(O)CCOc1cc(C2CC2)ccc1[N+](=O)[O-]. The van der Waals surface area contributed by atoms with Crippen LogP contribution in [0.2, 0.25) is 0 Å². The van der Waals surface area contributed by atoms with Crippen molar-refractivity contribution in [1.82, 2.24) is 0 Å². The quantitative estimate of drug-likeness (QED) is 0.619. The fourth-order valence-corrected chi connectivity index (χ4v) is 1.72. The standard InChI is InChI=1S/C12H13NO5/c14-12(15)5-6-18-11-7-9(8-1-2-8)3-4-10(11)13(16)17/h3-4,7-8H,1-2,5-6H2,(H,14,15). The van der Waals surface area contributed by atoms with E-state index in [1.807, 2.05) is 0 Å². The normalized spacial score (nSPS) is 14.2. The van der Waals surface area contributed by atoms with Crippen LogP contribution in [-0.2, 0) is 4.79 Å². The molecule has 0 spiro atoms. The molecule has 1 aromatic carbocycles. The minimum Gasteiger partial charge on any atom is -0.486 e. The largest absolute Gasteiger partial charge is 0.486 e. The minimum absolute atomic E-state index is 0.0652. The summed E-state index contributed by atoms with van der Waals surface area (Å²) in [5.74, 6) is -0.366. The van der Waals surface area contributed by atoms with Gasteiger partial charge in [-0.2, -0.15) is 0 Å². The van der Waals surface area contributed by atoms with Crippen LogP contribution in [0.3, 0.4) is 0 Å². The van der Waals surface area contributed by atoms with Crippen molar-refractivity contribution in [2.45, 2.75) is 25.2 Å². The summed E-state index contributed by atoms with van der Waals surface area (Å²) in [5, 5.41) is 19.3. The molecule has 96 valence electrons. The Morgan fingerprint density at radius 2 is 2.22 bits per heavy atom. The lowest BCUT2D eigenvalue weighted by Crippen LogP contribution is -2.06. The number of carbonyl (C=O) groups is 1. The van der Waals surface area contributed by atoms with Gasteiger partial charge in [-0.3, -0.25) is 14.9 Å². The molecular weight excluding hydrogens is 238 g/mol. The zero-order valence-corrected chi connectivity index (χ0v) is 9.67. The maximum atomic E-state index is 10.8. The van der Waals surface area contributed by atoms with E-state index in [0.29, 0.717) is 5.92 Å². The zero-order valence-electron chi connectivity index (χ0n) is 9.67. The van der Waals surface area contributed by atoms with Gasteiger partial charge in [0.1, 0.15) is 0 Å². The molecule has 0 radical (unpaired) electrons. The number of nitrogens with zero attached hydrogens (tertiary/aromatic N) is 1. The first-order chi connectivity index (χ1) is 8.58. The van der Waals surface area contributed by atoms with E-state index in [2.05, 4.69) is 0 Å². The van der Waals surface area contributed by atoms with Gasteiger partial charge in [0.15, 0.2) is 5.75 Å². The lowest BCUT2D eigenvalue weighted by atomic mass is 10.1. The van der Waals surface area contributed by atoms with Gasteiger partial charge in [-0.1, -0.05) is 6.07 Å². The van der Waals surface area contributed by atoms with Gasteiger partial charge in [0.05, 0.1) is 18.0 Å². The number of nitro benzene ring substituents is 1. The van der Waals surface area contributed by atoms with E-state index in [-0.39, 0.29) is 24.5 Å². The number of hydrogen-bond donors (Lipinski definition) is 1. The van der Waals surface area contributed by atoms with Gasteiger partial charge in [0.25, 0.3) is 0 Å². The van der Waals surface area contributed by atoms with Crippen LogP contribution in [0.15, 0.2) is 18.2 Å². The average molecular weight is 251 g/mol. The average Bonchev–Trinajstić information content (AvgIpc) is 3.11. The highest BCUT2D eigenvalue weighted by Gasteiger charge is 2.26.